The van der Waals surface area contributed by atoms with E-state index in [-0.39, 0.29) is 29.6 Å². The summed E-state index contributed by atoms with van der Waals surface area (Å²) in [6.07, 6.45) is 4.22. The summed E-state index contributed by atoms with van der Waals surface area (Å²) in [5.74, 6) is 0.547. The third-order valence-electron chi connectivity index (χ3n) is 9.67. The van der Waals surface area contributed by atoms with Crippen LogP contribution in [0, 0.1) is 5.92 Å². The highest BCUT2D eigenvalue weighted by atomic mass is 16.6. The Labute approximate surface area is 285 Å². The van der Waals surface area contributed by atoms with Gasteiger partial charge in [0.1, 0.15) is 23.2 Å². The van der Waals surface area contributed by atoms with Gasteiger partial charge in [0.2, 0.25) is 11.8 Å². The van der Waals surface area contributed by atoms with Gasteiger partial charge in [0.05, 0.1) is 18.6 Å². The van der Waals surface area contributed by atoms with E-state index in [1.165, 1.54) is 0 Å². The van der Waals surface area contributed by atoms with Crippen LogP contribution in [-0.2, 0) is 31.0 Å². The predicted molar refractivity (Wildman–Crippen MR) is 186 cm³/mol. The Balaban J connectivity index is 1.42. The number of nitrogens with two attached hydrogens (primary N) is 1. The van der Waals surface area contributed by atoms with Crippen molar-refractivity contribution in [2.75, 3.05) is 33.3 Å². The summed E-state index contributed by atoms with van der Waals surface area (Å²) in [5, 5.41) is 2.99. The summed E-state index contributed by atoms with van der Waals surface area (Å²) in [6.45, 7) is 9.48. The number of nitrogens with one attached hydrogen (secondary N) is 1. The lowest BCUT2D eigenvalue weighted by atomic mass is 9.68. The fourth-order valence-electron chi connectivity index (χ4n) is 6.90. The van der Waals surface area contributed by atoms with Gasteiger partial charge in [0.15, 0.2) is 0 Å². The van der Waals surface area contributed by atoms with Gasteiger partial charge in [0.25, 0.3) is 0 Å². The topological polar surface area (TPSA) is 131 Å². The number of nitrogens with zero attached hydrogens (tertiary/aromatic N) is 2. The molecule has 2 saturated heterocycles. The molecule has 0 spiro atoms. The van der Waals surface area contributed by atoms with E-state index in [0.29, 0.717) is 64.0 Å². The standard InChI is InChI=1S/C38H54N4O6/c1-6-10-33(43)38(29-11-8-7-9-12-29)19-23-41(24-20-38)35(45)32(26-27-13-15-30(47-5)16-14-27)40-34(44)31(39)25-28-17-21-42(22-18-28)36(46)48-37(2,3)4/h7-9,11-16,28,31-32H,6,10,17-26,39H2,1-5H3,(H,40,44). The molecule has 0 aliphatic carbocycles. The van der Waals surface area contributed by atoms with E-state index in [9.17, 15) is 19.2 Å². The van der Waals surface area contributed by atoms with Crippen LogP contribution in [0.2, 0.25) is 0 Å². The Hall–Kier alpha value is -3.92. The van der Waals surface area contributed by atoms with Crippen LogP contribution in [0.1, 0.15) is 83.8 Å². The first-order valence-corrected chi connectivity index (χ1v) is 17.4. The summed E-state index contributed by atoms with van der Waals surface area (Å²) in [4.78, 5) is 57.1. The zero-order valence-corrected chi connectivity index (χ0v) is 29.3. The Morgan fingerprint density at radius 1 is 0.938 bits per heavy atom. The number of benzene rings is 2. The lowest BCUT2D eigenvalue weighted by molar-refractivity contribution is -0.140. The number of likely N-dealkylation sites (tertiary alicyclic amines) is 2. The molecule has 2 heterocycles. The maximum absolute atomic E-state index is 14.1. The second-order valence-corrected chi connectivity index (χ2v) is 14.3. The third kappa shape index (κ3) is 9.58. The fourth-order valence-corrected chi connectivity index (χ4v) is 6.90. The van der Waals surface area contributed by atoms with Crippen molar-refractivity contribution in [3.8, 4) is 5.75 Å². The molecule has 3 amide bonds. The van der Waals surface area contributed by atoms with E-state index in [0.717, 1.165) is 30.4 Å². The third-order valence-corrected chi connectivity index (χ3v) is 9.67. The smallest absolute Gasteiger partial charge is 0.410 e. The zero-order valence-electron chi connectivity index (χ0n) is 29.3. The molecule has 3 N–H and O–H groups in total. The molecule has 10 heteroatoms. The number of methoxy groups -OCH3 is 1. The van der Waals surface area contributed by atoms with Crippen molar-refractivity contribution in [3.05, 3.63) is 65.7 Å². The van der Waals surface area contributed by atoms with Crippen LogP contribution in [0.4, 0.5) is 4.79 Å². The van der Waals surface area contributed by atoms with Crippen LogP contribution >= 0.6 is 0 Å². The molecule has 262 valence electrons. The van der Waals surface area contributed by atoms with E-state index in [1.807, 2.05) is 82.3 Å². The van der Waals surface area contributed by atoms with Crippen molar-refractivity contribution in [2.45, 2.75) is 102 Å². The fraction of sp³-hybridized carbons (Fsp3) is 0.579. The van der Waals surface area contributed by atoms with Crippen molar-refractivity contribution in [3.63, 3.8) is 0 Å². The van der Waals surface area contributed by atoms with E-state index in [4.69, 9.17) is 15.2 Å². The van der Waals surface area contributed by atoms with Gasteiger partial charge in [-0.15, -0.1) is 0 Å². The van der Waals surface area contributed by atoms with E-state index in [2.05, 4.69) is 5.32 Å². The number of carbonyl (C=O) groups excluding carboxylic acids is 4. The summed E-state index contributed by atoms with van der Waals surface area (Å²) >= 11 is 0. The number of carbonyl (C=O) groups is 4. The molecule has 2 fully saturated rings. The number of Topliss-reactive ketones (excluding diaryl/α,β-unsaturated/α-hetero) is 1. The number of hydrogen-bond donors (Lipinski definition) is 2. The van der Waals surface area contributed by atoms with Crippen LogP contribution in [0.5, 0.6) is 5.75 Å². The van der Waals surface area contributed by atoms with E-state index >= 15 is 0 Å². The number of amides is 3. The van der Waals surface area contributed by atoms with Crippen molar-refractivity contribution in [2.24, 2.45) is 11.7 Å². The largest absolute Gasteiger partial charge is 0.497 e. The highest BCUT2D eigenvalue weighted by molar-refractivity contribution is 5.92. The highest BCUT2D eigenvalue weighted by Crippen LogP contribution is 2.38. The second kappa shape index (κ2) is 16.5. The van der Waals surface area contributed by atoms with Crippen LogP contribution in [0.15, 0.2) is 54.6 Å². The molecule has 2 aliphatic heterocycles. The number of piperidine rings is 2. The molecular weight excluding hydrogens is 608 g/mol. The summed E-state index contributed by atoms with van der Waals surface area (Å²) in [5.41, 5.74) is 7.16. The van der Waals surface area contributed by atoms with Crippen molar-refractivity contribution < 1.29 is 28.7 Å². The molecule has 0 radical (unpaired) electrons. The average Bonchev–Trinajstić information content (AvgIpc) is 3.08. The second-order valence-electron chi connectivity index (χ2n) is 14.3. The first-order chi connectivity index (χ1) is 22.8. The Kier molecular flexibility index (Phi) is 12.7. The first-order valence-electron chi connectivity index (χ1n) is 17.4. The molecule has 2 unspecified atom stereocenters. The van der Waals surface area contributed by atoms with Crippen molar-refractivity contribution in [1.29, 1.82) is 0 Å². The molecule has 2 aromatic rings. The van der Waals surface area contributed by atoms with Gasteiger partial charge in [0, 0.05) is 39.0 Å². The number of rotatable bonds is 12. The van der Waals surface area contributed by atoms with Crippen LogP contribution in [0.3, 0.4) is 0 Å². The van der Waals surface area contributed by atoms with Gasteiger partial charge in [-0.1, -0.05) is 49.4 Å². The minimum absolute atomic E-state index is 0.175. The molecule has 0 bridgehead atoms. The molecule has 2 aromatic carbocycles. The molecule has 48 heavy (non-hydrogen) atoms. The molecule has 0 saturated carbocycles. The monoisotopic (exact) mass is 662 g/mol. The van der Waals surface area contributed by atoms with E-state index < -0.39 is 23.1 Å². The van der Waals surface area contributed by atoms with Gasteiger partial charge in [-0.05, 0) is 88.5 Å². The number of ketones is 1. The van der Waals surface area contributed by atoms with Gasteiger partial charge >= 0.3 is 6.09 Å². The van der Waals surface area contributed by atoms with Crippen molar-refractivity contribution >= 4 is 23.7 Å². The van der Waals surface area contributed by atoms with E-state index in [1.54, 1.807) is 16.9 Å². The average molecular weight is 663 g/mol. The Morgan fingerprint density at radius 2 is 1.56 bits per heavy atom. The van der Waals surface area contributed by atoms with Gasteiger partial charge in [-0.3, -0.25) is 14.4 Å². The molecule has 2 atom stereocenters. The Morgan fingerprint density at radius 3 is 2.12 bits per heavy atom. The van der Waals surface area contributed by atoms with Crippen LogP contribution < -0.4 is 15.8 Å². The van der Waals surface area contributed by atoms with Crippen LogP contribution in [0.25, 0.3) is 0 Å². The SMILES string of the molecule is CCCC(=O)C1(c2ccccc2)CCN(C(=O)C(Cc2ccc(OC)cc2)NC(=O)C(N)CC2CCN(C(=O)OC(C)(C)C)CC2)CC1. The predicted octanol–water partition coefficient (Wildman–Crippen LogP) is 5.02. The van der Waals surface area contributed by atoms with Gasteiger partial charge in [-0.25, -0.2) is 4.79 Å². The first kappa shape index (κ1) is 36.9. The summed E-state index contributed by atoms with van der Waals surface area (Å²) in [7, 11) is 1.60. The number of hydrogen-bond acceptors (Lipinski definition) is 7. The molecule has 10 nitrogen and oxygen atoms in total. The van der Waals surface area contributed by atoms with Gasteiger partial charge < -0.3 is 30.3 Å². The van der Waals surface area contributed by atoms with Crippen LogP contribution in [-0.4, -0.2) is 84.5 Å². The van der Waals surface area contributed by atoms with Crippen molar-refractivity contribution in [1.82, 2.24) is 15.1 Å². The maximum Gasteiger partial charge on any atom is 0.410 e. The molecule has 4 rings (SSSR count). The molecule has 2 aliphatic rings. The zero-order chi connectivity index (χ0) is 34.9. The Bertz CT molecular complexity index is 1370. The molecular formula is C38H54N4O6. The summed E-state index contributed by atoms with van der Waals surface area (Å²) in [6, 6.07) is 15.7. The summed E-state index contributed by atoms with van der Waals surface area (Å²) < 4.78 is 10.8. The minimum atomic E-state index is -0.818. The van der Waals surface area contributed by atoms with Gasteiger partial charge in [-0.2, -0.15) is 0 Å². The minimum Gasteiger partial charge on any atom is -0.497 e. The number of ether oxygens (including phenoxy) is 2. The lowest BCUT2D eigenvalue weighted by Crippen LogP contribution is -2.57. The lowest BCUT2D eigenvalue weighted by Gasteiger charge is -2.42. The quantitative estimate of drug-likeness (QED) is 0.327. The normalized spacial score (nSPS) is 18.0. The maximum atomic E-state index is 14.1. The highest BCUT2D eigenvalue weighted by Gasteiger charge is 2.43. The molecule has 0 aromatic heterocycles.